The van der Waals surface area contributed by atoms with Crippen LogP contribution in [0.4, 0.5) is 0 Å². The van der Waals surface area contributed by atoms with Gasteiger partial charge in [-0.3, -0.25) is 9.59 Å². The summed E-state index contributed by atoms with van der Waals surface area (Å²) in [5.74, 6) is 1.17. The minimum atomic E-state index is -0.643. The molecule has 1 aliphatic heterocycles. The van der Waals surface area contributed by atoms with E-state index < -0.39 is 6.04 Å². The van der Waals surface area contributed by atoms with E-state index in [-0.39, 0.29) is 18.2 Å². The maximum Gasteiger partial charge on any atom is 0.243 e. The van der Waals surface area contributed by atoms with Gasteiger partial charge in [-0.05, 0) is 54.3 Å². The van der Waals surface area contributed by atoms with Crippen LogP contribution in [0.25, 0.3) is 0 Å². The smallest absolute Gasteiger partial charge is 0.243 e. The van der Waals surface area contributed by atoms with Gasteiger partial charge in [0.15, 0.2) is 11.5 Å². The number of halogens is 1. The van der Waals surface area contributed by atoms with Crippen LogP contribution in [-0.4, -0.2) is 42.5 Å². The molecule has 4 rings (SSSR count). The van der Waals surface area contributed by atoms with Crippen LogP contribution in [0, 0.1) is 0 Å². The van der Waals surface area contributed by atoms with E-state index in [0.29, 0.717) is 49.9 Å². The van der Waals surface area contributed by atoms with Crippen molar-refractivity contribution in [2.24, 2.45) is 0 Å². The Morgan fingerprint density at radius 2 is 1.61 bits per heavy atom. The maximum absolute atomic E-state index is 13.7. The van der Waals surface area contributed by atoms with Gasteiger partial charge in [0.2, 0.25) is 11.8 Å². The minimum Gasteiger partial charge on any atom is -0.486 e. The molecule has 2 amide bonds. The average Bonchev–Trinajstić information content (AvgIpc) is 2.91. The number of fused-ring (bicyclic) bond motifs is 1. The number of carbonyl (C=O) groups is 2. The average molecular weight is 507 g/mol. The second-order valence-corrected chi connectivity index (χ2v) is 9.16. The van der Waals surface area contributed by atoms with Gasteiger partial charge in [-0.1, -0.05) is 60.1 Å². The molecule has 3 aromatic rings. The van der Waals surface area contributed by atoms with Crippen LogP contribution in [0.3, 0.4) is 0 Å². The highest BCUT2D eigenvalue weighted by Gasteiger charge is 2.30. The second-order valence-electron chi connectivity index (χ2n) is 8.73. The molecule has 0 saturated carbocycles. The van der Waals surface area contributed by atoms with Crippen molar-refractivity contribution in [3.05, 3.63) is 94.5 Å². The molecule has 6 nitrogen and oxygen atoms in total. The predicted octanol–water partition coefficient (Wildman–Crippen LogP) is 4.82. The zero-order valence-electron chi connectivity index (χ0n) is 20.4. The molecule has 1 heterocycles. The quantitative estimate of drug-likeness (QED) is 0.428. The Labute approximate surface area is 217 Å². The van der Waals surface area contributed by atoms with Crippen molar-refractivity contribution in [2.45, 2.75) is 38.8 Å². The molecule has 1 N–H and O–H groups in total. The Morgan fingerprint density at radius 1 is 0.917 bits per heavy atom. The van der Waals surface area contributed by atoms with Gasteiger partial charge < -0.3 is 19.7 Å². The van der Waals surface area contributed by atoms with Gasteiger partial charge in [0.05, 0.1) is 0 Å². The number of nitrogens with zero attached hydrogens (tertiary/aromatic N) is 1. The molecule has 0 saturated heterocycles. The molecule has 1 atom stereocenters. The Kier molecular flexibility index (Phi) is 8.85. The number of benzene rings is 3. The molecule has 0 aliphatic carbocycles. The Morgan fingerprint density at radius 3 is 2.33 bits per heavy atom. The summed E-state index contributed by atoms with van der Waals surface area (Å²) in [7, 11) is 0. The fraction of sp³-hybridized carbons (Fsp3) is 0.310. The lowest BCUT2D eigenvalue weighted by molar-refractivity contribution is -0.141. The Bertz CT molecular complexity index is 1170. The highest BCUT2D eigenvalue weighted by molar-refractivity contribution is 6.30. The molecule has 1 aliphatic rings. The predicted molar refractivity (Wildman–Crippen MR) is 140 cm³/mol. The third-order valence-electron chi connectivity index (χ3n) is 6.12. The number of ether oxygens (including phenoxy) is 2. The number of carbonyl (C=O) groups excluding carboxylic acids is 2. The summed E-state index contributed by atoms with van der Waals surface area (Å²) in [6, 6.07) is 22.3. The maximum atomic E-state index is 13.7. The third-order valence-corrected chi connectivity index (χ3v) is 6.37. The van der Waals surface area contributed by atoms with Crippen molar-refractivity contribution in [2.75, 3.05) is 19.8 Å². The van der Waals surface area contributed by atoms with E-state index in [0.717, 1.165) is 22.4 Å². The van der Waals surface area contributed by atoms with Gasteiger partial charge >= 0.3 is 0 Å². The molecule has 188 valence electrons. The topological polar surface area (TPSA) is 67.9 Å². The molecule has 7 heteroatoms. The van der Waals surface area contributed by atoms with E-state index in [1.54, 1.807) is 17.0 Å². The van der Waals surface area contributed by atoms with Crippen LogP contribution in [-0.2, 0) is 29.0 Å². The van der Waals surface area contributed by atoms with Crippen molar-refractivity contribution in [3.8, 4) is 11.5 Å². The summed E-state index contributed by atoms with van der Waals surface area (Å²) in [6.07, 6.45) is 1.22. The van der Waals surface area contributed by atoms with Crippen molar-refractivity contribution in [3.63, 3.8) is 0 Å². The molecule has 0 unspecified atom stereocenters. The summed E-state index contributed by atoms with van der Waals surface area (Å²) in [4.78, 5) is 28.6. The van der Waals surface area contributed by atoms with Gasteiger partial charge in [-0.2, -0.15) is 0 Å². The highest BCUT2D eigenvalue weighted by Crippen LogP contribution is 2.31. The van der Waals surface area contributed by atoms with Crippen molar-refractivity contribution in [1.82, 2.24) is 10.2 Å². The number of amides is 2. The van der Waals surface area contributed by atoms with Gasteiger partial charge in [0.25, 0.3) is 0 Å². The highest BCUT2D eigenvalue weighted by atomic mass is 35.5. The summed E-state index contributed by atoms with van der Waals surface area (Å²) in [5.41, 5.74) is 2.89. The van der Waals surface area contributed by atoms with E-state index in [9.17, 15) is 9.59 Å². The van der Waals surface area contributed by atoms with Crippen molar-refractivity contribution >= 4 is 23.4 Å². The van der Waals surface area contributed by atoms with Gasteiger partial charge in [-0.25, -0.2) is 0 Å². The number of hydrogen-bond donors (Lipinski definition) is 1. The Balaban J connectivity index is 1.57. The van der Waals surface area contributed by atoms with Crippen LogP contribution in [0.1, 0.15) is 30.0 Å². The van der Waals surface area contributed by atoms with Crippen LogP contribution < -0.4 is 14.8 Å². The summed E-state index contributed by atoms with van der Waals surface area (Å²) >= 11 is 6.08. The largest absolute Gasteiger partial charge is 0.486 e. The first-order valence-electron chi connectivity index (χ1n) is 12.3. The monoisotopic (exact) mass is 506 g/mol. The first-order chi connectivity index (χ1) is 17.5. The van der Waals surface area contributed by atoms with E-state index in [2.05, 4.69) is 5.32 Å². The summed E-state index contributed by atoms with van der Waals surface area (Å²) in [5, 5.41) is 3.54. The van der Waals surface area contributed by atoms with Gasteiger partial charge in [-0.15, -0.1) is 0 Å². The van der Waals surface area contributed by atoms with Gasteiger partial charge in [0, 0.05) is 31.0 Å². The van der Waals surface area contributed by atoms with E-state index in [4.69, 9.17) is 21.1 Å². The van der Waals surface area contributed by atoms with Gasteiger partial charge in [0.1, 0.15) is 19.3 Å². The first-order valence-corrected chi connectivity index (χ1v) is 12.7. The van der Waals surface area contributed by atoms with Crippen LogP contribution in [0.2, 0.25) is 5.02 Å². The number of hydrogen-bond acceptors (Lipinski definition) is 4. The molecule has 0 bridgehead atoms. The molecular formula is C29H31ClN2O4. The zero-order valence-corrected chi connectivity index (χ0v) is 21.2. The lowest BCUT2D eigenvalue weighted by Crippen LogP contribution is -2.50. The fourth-order valence-electron chi connectivity index (χ4n) is 4.27. The van der Waals surface area contributed by atoms with Crippen LogP contribution in [0.5, 0.6) is 11.5 Å². The van der Waals surface area contributed by atoms with Crippen LogP contribution in [0.15, 0.2) is 72.8 Å². The summed E-state index contributed by atoms with van der Waals surface area (Å²) in [6.45, 7) is 3.73. The number of nitrogens with one attached hydrogen (secondary N) is 1. The van der Waals surface area contributed by atoms with E-state index in [1.807, 2.05) is 67.6 Å². The molecule has 0 aromatic heterocycles. The fourth-order valence-corrected chi connectivity index (χ4v) is 4.40. The van der Waals surface area contributed by atoms with E-state index >= 15 is 0 Å². The van der Waals surface area contributed by atoms with Crippen LogP contribution >= 0.6 is 11.6 Å². The normalized spacial score (nSPS) is 13.1. The summed E-state index contributed by atoms with van der Waals surface area (Å²) < 4.78 is 11.3. The molecule has 0 radical (unpaired) electrons. The molecule has 0 spiro atoms. The van der Waals surface area contributed by atoms with Crippen molar-refractivity contribution in [1.29, 1.82) is 0 Å². The standard InChI is InChI=1S/C29H31ClN2O4/c1-2-31-29(34)25(18-21-6-4-3-5-7-21)32(20-23-8-12-24(30)13-9-23)28(33)15-11-22-10-14-26-27(19-22)36-17-16-35-26/h3-10,12-14,19,25H,2,11,15-18,20H2,1H3,(H,31,34)/t25-/m1/s1. The third kappa shape index (κ3) is 6.79. The lowest BCUT2D eigenvalue weighted by Gasteiger charge is -2.31. The number of aryl methyl sites for hydroxylation is 1. The minimum absolute atomic E-state index is 0.0907. The number of rotatable bonds is 10. The SMILES string of the molecule is CCNC(=O)[C@@H](Cc1ccccc1)N(Cc1ccc(Cl)cc1)C(=O)CCc1ccc2c(c1)OCCO2. The lowest BCUT2D eigenvalue weighted by atomic mass is 10.0. The number of likely N-dealkylation sites (N-methyl/N-ethyl adjacent to an activating group) is 1. The molecule has 3 aromatic carbocycles. The molecular weight excluding hydrogens is 476 g/mol. The zero-order chi connectivity index (χ0) is 25.3. The van der Waals surface area contributed by atoms with E-state index in [1.165, 1.54) is 0 Å². The molecule has 0 fully saturated rings. The first kappa shape index (κ1) is 25.6. The second kappa shape index (κ2) is 12.5. The van der Waals surface area contributed by atoms with Crippen molar-refractivity contribution < 1.29 is 19.1 Å². The Hall–Kier alpha value is -3.51. The molecule has 36 heavy (non-hydrogen) atoms.